The van der Waals surface area contributed by atoms with Crippen molar-refractivity contribution < 1.29 is 14.3 Å². The second kappa shape index (κ2) is 6.77. The summed E-state index contributed by atoms with van der Waals surface area (Å²) in [6.07, 6.45) is 2.64. The zero-order valence-corrected chi connectivity index (χ0v) is 15.7. The number of aromatic amines is 1. The lowest BCUT2D eigenvalue weighted by molar-refractivity contribution is 0.102. The molecule has 3 aromatic rings. The lowest BCUT2D eigenvalue weighted by atomic mass is 9.89. The van der Waals surface area contributed by atoms with Gasteiger partial charge in [0.15, 0.2) is 0 Å². The molecule has 1 aromatic carbocycles. The number of carbonyl (C=O) groups is 1. The first-order valence-corrected chi connectivity index (χ1v) is 9.61. The molecule has 142 valence electrons. The van der Waals surface area contributed by atoms with Gasteiger partial charge in [0.1, 0.15) is 28.0 Å². The molecule has 6 nitrogen and oxygen atoms in total. The Bertz CT molecular complexity index is 1220. The molecular weight excluding hydrogens is 381 g/mol. The number of benzene rings is 1. The quantitative estimate of drug-likeness (QED) is 0.613. The molecule has 0 radical (unpaired) electrons. The van der Waals surface area contributed by atoms with E-state index in [1.54, 1.807) is 6.07 Å². The number of nitrogens with one attached hydrogen (secondary N) is 2. The Labute approximate surface area is 163 Å². The number of halogens is 1. The fraction of sp³-hybridized carbons (Fsp3) is 0.250. The number of nitriles is 1. The molecule has 0 bridgehead atoms. The fourth-order valence-corrected chi connectivity index (χ4v) is 4.99. The molecule has 0 saturated heterocycles. The predicted octanol–water partition coefficient (Wildman–Crippen LogP) is 3.68. The van der Waals surface area contributed by atoms with Crippen LogP contribution in [-0.4, -0.2) is 16.0 Å². The van der Waals surface area contributed by atoms with Gasteiger partial charge in [-0.2, -0.15) is 5.26 Å². The van der Waals surface area contributed by atoms with Crippen LogP contribution in [0.15, 0.2) is 23.0 Å². The van der Waals surface area contributed by atoms with Gasteiger partial charge in [0, 0.05) is 10.6 Å². The molecule has 1 aliphatic carbocycles. The Hall–Kier alpha value is -3.18. The maximum atomic E-state index is 13.5. The van der Waals surface area contributed by atoms with Crippen LogP contribution in [0.5, 0.6) is 5.75 Å². The standard InChI is InChI=1S/C20H16FN3O3S/c1-9-2-4-12-14(6-9)28-20-15(12)17(25)16(19(27)24-20)18(26)23-11-3-5-13(21)10(7-11)8-22/h3,5,7,9H,2,4,6H2,1H3,(H,23,26)(H2,24,25,27)/t9-/m1/s1. The van der Waals surface area contributed by atoms with Crippen LogP contribution in [0.4, 0.5) is 10.1 Å². The predicted molar refractivity (Wildman–Crippen MR) is 104 cm³/mol. The van der Waals surface area contributed by atoms with Gasteiger partial charge in [-0.25, -0.2) is 4.39 Å². The van der Waals surface area contributed by atoms with Gasteiger partial charge in [0.25, 0.3) is 11.5 Å². The molecule has 4 rings (SSSR count). The number of rotatable bonds is 2. The second-order valence-electron chi connectivity index (χ2n) is 6.99. The van der Waals surface area contributed by atoms with Crippen LogP contribution in [-0.2, 0) is 12.8 Å². The highest BCUT2D eigenvalue weighted by Crippen LogP contribution is 2.41. The zero-order valence-electron chi connectivity index (χ0n) is 14.9. The molecule has 0 unspecified atom stereocenters. The number of fused-ring (bicyclic) bond motifs is 3. The number of nitrogens with zero attached hydrogens (tertiary/aromatic N) is 1. The zero-order chi connectivity index (χ0) is 20.0. The Morgan fingerprint density at radius 1 is 1.46 bits per heavy atom. The summed E-state index contributed by atoms with van der Waals surface area (Å²) in [6, 6.07) is 5.20. The number of amides is 1. The summed E-state index contributed by atoms with van der Waals surface area (Å²) in [7, 11) is 0. The summed E-state index contributed by atoms with van der Waals surface area (Å²) >= 11 is 1.44. The molecular formula is C20H16FN3O3S. The van der Waals surface area contributed by atoms with Crippen molar-refractivity contribution >= 4 is 33.1 Å². The van der Waals surface area contributed by atoms with E-state index in [2.05, 4.69) is 17.2 Å². The number of carbonyl (C=O) groups excluding carboxylic acids is 1. The number of thiophene rings is 1. The molecule has 0 fully saturated rings. The van der Waals surface area contributed by atoms with Crippen molar-refractivity contribution in [1.82, 2.24) is 4.98 Å². The van der Waals surface area contributed by atoms with Crippen LogP contribution in [0.2, 0.25) is 0 Å². The number of aromatic nitrogens is 1. The molecule has 0 aliphatic heterocycles. The largest absolute Gasteiger partial charge is 0.506 e. The van der Waals surface area contributed by atoms with Gasteiger partial charge in [-0.05, 0) is 48.9 Å². The van der Waals surface area contributed by atoms with E-state index in [4.69, 9.17) is 5.26 Å². The Kier molecular flexibility index (Phi) is 4.40. The first-order chi connectivity index (χ1) is 13.4. The van der Waals surface area contributed by atoms with Gasteiger partial charge in [-0.15, -0.1) is 11.3 Å². The average molecular weight is 397 g/mol. The van der Waals surface area contributed by atoms with Gasteiger partial charge in [-0.3, -0.25) is 9.59 Å². The summed E-state index contributed by atoms with van der Waals surface area (Å²) in [6.45, 7) is 2.16. The lowest BCUT2D eigenvalue weighted by Crippen LogP contribution is -2.23. The highest BCUT2D eigenvalue weighted by atomic mass is 32.1. The molecule has 1 amide bonds. The molecule has 1 atom stereocenters. The molecule has 1 aliphatic rings. The van der Waals surface area contributed by atoms with Crippen LogP contribution in [0, 0.1) is 23.1 Å². The lowest BCUT2D eigenvalue weighted by Gasteiger charge is -2.18. The Morgan fingerprint density at radius 2 is 2.25 bits per heavy atom. The molecule has 0 saturated carbocycles. The monoisotopic (exact) mass is 397 g/mol. The third-order valence-corrected chi connectivity index (χ3v) is 6.18. The van der Waals surface area contributed by atoms with E-state index in [0.29, 0.717) is 16.1 Å². The van der Waals surface area contributed by atoms with Crippen molar-refractivity contribution in [2.45, 2.75) is 26.2 Å². The summed E-state index contributed by atoms with van der Waals surface area (Å²) in [5, 5.41) is 22.6. The van der Waals surface area contributed by atoms with Gasteiger partial charge in [-0.1, -0.05) is 6.92 Å². The summed E-state index contributed by atoms with van der Waals surface area (Å²) in [4.78, 5) is 29.5. The summed E-state index contributed by atoms with van der Waals surface area (Å²) < 4.78 is 13.5. The van der Waals surface area contributed by atoms with E-state index in [9.17, 15) is 19.1 Å². The number of hydrogen-bond donors (Lipinski definition) is 3. The van der Waals surface area contributed by atoms with Crippen molar-refractivity contribution in [2.24, 2.45) is 5.92 Å². The number of hydrogen-bond acceptors (Lipinski definition) is 5. The van der Waals surface area contributed by atoms with Crippen LogP contribution in [0.3, 0.4) is 0 Å². The van der Waals surface area contributed by atoms with E-state index in [1.165, 1.54) is 23.5 Å². The Balaban J connectivity index is 1.77. The van der Waals surface area contributed by atoms with E-state index >= 15 is 0 Å². The van der Waals surface area contributed by atoms with Crippen molar-refractivity contribution in [3.63, 3.8) is 0 Å². The van der Waals surface area contributed by atoms with Crippen LogP contribution < -0.4 is 10.9 Å². The van der Waals surface area contributed by atoms with Crippen molar-refractivity contribution in [3.05, 3.63) is 55.9 Å². The van der Waals surface area contributed by atoms with E-state index in [1.807, 2.05) is 0 Å². The first kappa shape index (κ1) is 18.2. The minimum Gasteiger partial charge on any atom is -0.506 e. The maximum Gasteiger partial charge on any atom is 0.265 e. The van der Waals surface area contributed by atoms with Crippen molar-refractivity contribution in [1.29, 1.82) is 5.26 Å². The number of H-pyrrole nitrogens is 1. The van der Waals surface area contributed by atoms with E-state index < -0.39 is 22.8 Å². The van der Waals surface area contributed by atoms with Crippen molar-refractivity contribution in [3.8, 4) is 11.8 Å². The van der Waals surface area contributed by atoms with Crippen LogP contribution >= 0.6 is 11.3 Å². The molecule has 0 spiro atoms. The minimum atomic E-state index is -0.819. The van der Waals surface area contributed by atoms with Gasteiger partial charge >= 0.3 is 0 Å². The fourth-order valence-electron chi connectivity index (χ4n) is 3.58. The van der Waals surface area contributed by atoms with Gasteiger partial charge in [0.05, 0.1) is 10.9 Å². The minimum absolute atomic E-state index is 0.156. The average Bonchev–Trinajstić information content (AvgIpc) is 3.00. The molecule has 8 heteroatoms. The highest BCUT2D eigenvalue weighted by molar-refractivity contribution is 7.18. The van der Waals surface area contributed by atoms with Crippen molar-refractivity contribution in [2.75, 3.05) is 5.32 Å². The molecule has 2 heterocycles. The highest BCUT2D eigenvalue weighted by Gasteiger charge is 2.27. The van der Waals surface area contributed by atoms with Crippen LogP contribution in [0.25, 0.3) is 10.2 Å². The SMILES string of the molecule is C[C@@H]1CCc2c(sc3[nH]c(=O)c(C(=O)Nc4ccc(F)c(C#N)c4)c(O)c23)C1. The summed E-state index contributed by atoms with van der Waals surface area (Å²) in [5.74, 6) is -1.34. The number of anilines is 1. The van der Waals surface area contributed by atoms with E-state index in [-0.39, 0.29) is 17.0 Å². The number of aryl methyl sites for hydroxylation is 1. The topological polar surface area (TPSA) is 106 Å². The number of pyridine rings is 1. The third kappa shape index (κ3) is 2.94. The smallest absolute Gasteiger partial charge is 0.265 e. The maximum absolute atomic E-state index is 13.5. The van der Waals surface area contributed by atoms with Crippen LogP contribution in [0.1, 0.15) is 39.7 Å². The molecule has 3 N–H and O–H groups in total. The molecule has 28 heavy (non-hydrogen) atoms. The number of aromatic hydroxyl groups is 1. The normalized spacial score (nSPS) is 15.8. The van der Waals surface area contributed by atoms with Gasteiger partial charge < -0.3 is 15.4 Å². The first-order valence-electron chi connectivity index (χ1n) is 8.79. The van der Waals surface area contributed by atoms with Gasteiger partial charge in [0.2, 0.25) is 0 Å². The second-order valence-corrected chi connectivity index (χ2v) is 8.10. The van der Waals surface area contributed by atoms with E-state index in [0.717, 1.165) is 35.8 Å². The Morgan fingerprint density at radius 3 is 3.00 bits per heavy atom. The summed E-state index contributed by atoms with van der Waals surface area (Å²) in [5.41, 5.74) is -0.184. The third-order valence-electron chi connectivity index (χ3n) is 5.01. The molecule has 2 aromatic heterocycles.